The highest BCUT2D eigenvalue weighted by atomic mass is 14.7. The van der Waals surface area contributed by atoms with Gasteiger partial charge >= 0.3 is 0 Å². The van der Waals surface area contributed by atoms with Crippen LogP contribution >= 0.6 is 0 Å². The first-order valence-corrected chi connectivity index (χ1v) is 5.82. The second-order valence-corrected chi connectivity index (χ2v) is 4.39. The van der Waals surface area contributed by atoms with Gasteiger partial charge in [-0.3, -0.25) is 4.99 Å². The topological polar surface area (TPSA) is 12.4 Å². The largest absolute Gasteiger partial charge is 0.280 e. The van der Waals surface area contributed by atoms with E-state index in [2.05, 4.69) is 55.8 Å². The van der Waals surface area contributed by atoms with E-state index in [1.165, 1.54) is 21.9 Å². The van der Waals surface area contributed by atoms with E-state index >= 15 is 0 Å². The number of allylic oxidation sites excluding steroid dienone is 4. The van der Waals surface area contributed by atoms with Crippen LogP contribution in [0.4, 0.5) is 0 Å². The van der Waals surface area contributed by atoms with Gasteiger partial charge < -0.3 is 0 Å². The predicted octanol–water partition coefficient (Wildman–Crippen LogP) is 2.47. The summed E-state index contributed by atoms with van der Waals surface area (Å²) >= 11 is 0. The molecule has 86 valence electrons. The molecule has 17 heavy (non-hydrogen) atoms. The summed E-state index contributed by atoms with van der Waals surface area (Å²) in [6, 6.07) is 6.37. The Morgan fingerprint density at radius 1 is 1.41 bits per heavy atom. The Morgan fingerprint density at radius 3 is 3.00 bits per heavy atom. The summed E-state index contributed by atoms with van der Waals surface area (Å²) in [7, 11) is 0. The normalized spacial score (nSPS) is 17.1. The van der Waals surface area contributed by atoms with E-state index in [4.69, 9.17) is 0 Å². The molecule has 0 aromatic heterocycles. The van der Waals surface area contributed by atoms with Gasteiger partial charge in [-0.2, -0.15) is 0 Å². The van der Waals surface area contributed by atoms with Crippen molar-refractivity contribution in [1.29, 1.82) is 0 Å². The Kier molecular flexibility index (Phi) is 3.38. The van der Waals surface area contributed by atoms with Gasteiger partial charge in [0.05, 0.1) is 11.9 Å². The summed E-state index contributed by atoms with van der Waals surface area (Å²) < 4.78 is 0. The quantitative estimate of drug-likeness (QED) is 0.683. The number of benzene rings is 1. The second-order valence-electron chi connectivity index (χ2n) is 4.39. The summed E-state index contributed by atoms with van der Waals surface area (Å²) in [6.07, 6.45) is 8.20. The van der Waals surface area contributed by atoms with E-state index in [0.717, 1.165) is 11.9 Å². The minimum Gasteiger partial charge on any atom is -0.280 e. The predicted molar refractivity (Wildman–Crippen MR) is 73.3 cm³/mol. The molecule has 0 aliphatic carbocycles. The molecule has 1 aliphatic rings. The average molecular weight is 223 g/mol. The van der Waals surface area contributed by atoms with Gasteiger partial charge in [-0.05, 0) is 37.6 Å². The molecule has 0 saturated carbocycles. The fourth-order valence-electron chi connectivity index (χ4n) is 1.97. The van der Waals surface area contributed by atoms with Crippen LogP contribution in [-0.2, 0) is 0 Å². The van der Waals surface area contributed by atoms with Gasteiger partial charge in [0, 0.05) is 5.22 Å². The van der Waals surface area contributed by atoms with Gasteiger partial charge in [-0.25, -0.2) is 0 Å². The number of aryl methyl sites for hydroxylation is 1. The molecule has 0 saturated heterocycles. The molecule has 0 atom stereocenters. The van der Waals surface area contributed by atoms with Crippen molar-refractivity contribution < 1.29 is 0 Å². The van der Waals surface area contributed by atoms with Crippen LogP contribution in [0.3, 0.4) is 0 Å². The summed E-state index contributed by atoms with van der Waals surface area (Å²) in [4.78, 5) is 4.58. The third-order valence-corrected chi connectivity index (χ3v) is 2.75. The van der Waals surface area contributed by atoms with E-state index in [9.17, 15) is 0 Å². The minimum atomic E-state index is 0.762. The Balaban J connectivity index is 2.46. The Morgan fingerprint density at radius 2 is 2.24 bits per heavy atom. The lowest BCUT2D eigenvalue weighted by Gasteiger charge is -2.05. The second kappa shape index (κ2) is 4.96. The van der Waals surface area contributed by atoms with Crippen LogP contribution in [0.15, 0.2) is 59.1 Å². The Bertz CT molecular complexity index is 615. The fraction of sp³-hybridized carbons (Fsp3) is 0.188. The van der Waals surface area contributed by atoms with Crippen LogP contribution in [0.25, 0.3) is 6.08 Å². The van der Waals surface area contributed by atoms with E-state index in [1.54, 1.807) is 0 Å². The summed E-state index contributed by atoms with van der Waals surface area (Å²) in [5.41, 5.74) is 3.73. The molecular formula is C16H17N. The zero-order chi connectivity index (χ0) is 12.3. The van der Waals surface area contributed by atoms with E-state index in [-0.39, 0.29) is 0 Å². The molecule has 1 aliphatic heterocycles. The van der Waals surface area contributed by atoms with Crippen molar-refractivity contribution in [1.82, 2.24) is 0 Å². The maximum Gasteiger partial charge on any atom is 0.0651 e. The van der Waals surface area contributed by atoms with Crippen molar-refractivity contribution in [2.24, 2.45) is 4.99 Å². The molecule has 1 aromatic carbocycles. The maximum absolute atomic E-state index is 4.58. The zero-order valence-electron chi connectivity index (χ0n) is 10.4. The fourth-order valence-corrected chi connectivity index (χ4v) is 1.97. The van der Waals surface area contributed by atoms with Crippen molar-refractivity contribution in [3.05, 3.63) is 70.3 Å². The van der Waals surface area contributed by atoms with Crippen LogP contribution in [0.2, 0.25) is 0 Å². The molecule has 0 spiro atoms. The molecule has 1 heteroatoms. The van der Waals surface area contributed by atoms with Gasteiger partial charge in [0.15, 0.2) is 0 Å². The van der Waals surface area contributed by atoms with Gasteiger partial charge in [-0.15, -0.1) is 0 Å². The first-order valence-electron chi connectivity index (χ1n) is 5.82. The molecule has 0 bridgehead atoms. The van der Waals surface area contributed by atoms with Crippen molar-refractivity contribution >= 4 is 6.08 Å². The van der Waals surface area contributed by atoms with Gasteiger partial charge in [-0.1, -0.05) is 42.0 Å². The van der Waals surface area contributed by atoms with Crippen LogP contribution in [0.5, 0.6) is 0 Å². The average Bonchev–Trinajstić information content (AvgIpc) is 2.28. The van der Waals surface area contributed by atoms with Crippen LogP contribution < -0.4 is 10.6 Å². The van der Waals surface area contributed by atoms with Crippen molar-refractivity contribution in [3.8, 4) is 0 Å². The monoisotopic (exact) mass is 223 g/mol. The molecule has 0 N–H and O–H groups in total. The number of rotatable bonds is 2. The van der Waals surface area contributed by atoms with Gasteiger partial charge in [0.25, 0.3) is 0 Å². The molecule has 2 rings (SSSR count). The number of hydrogen-bond donors (Lipinski definition) is 0. The lowest BCUT2D eigenvalue weighted by atomic mass is 10.1. The molecule has 1 heterocycles. The maximum atomic E-state index is 4.58. The van der Waals surface area contributed by atoms with Gasteiger partial charge in [0.1, 0.15) is 0 Å². The Hall–Kier alpha value is -1.89. The van der Waals surface area contributed by atoms with Crippen LogP contribution in [0, 0.1) is 6.92 Å². The molecule has 1 aromatic rings. The van der Waals surface area contributed by atoms with E-state index < -0.39 is 0 Å². The number of fused-ring (bicyclic) bond motifs is 1. The standard InChI is InChI=1S/C16H17N/c1-4-5-12(2)8-14-10-15-9-13(3)6-7-16(15)17-11-14/h4-10H,1,11H2,2-3H3/b12-5-,14-8-. The smallest absolute Gasteiger partial charge is 0.0651 e. The number of nitrogens with zero attached hydrogens (tertiary/aromatic N) is 1. The molecule has 0 unspecified atom stereocenters. The van der Waals surface area contributed by atoms with Gasteiger partial charge in [0.2, 0.25) is 0 Å². The van der Waals surface area contributed by atoms with Crippen molar-refractivity contribution in [2.45, 2.75) is 13.8 Å². The lowest BCUT2D eigenvalue weighted by Crippen LogP contribution is -2.28. The van der Waals surface area contributed by atoms with Crippen LogP contribution in [-0.4, -0.2) is 6.54 Å². The van der Waals surface area contributed by atoms with Crippen molar-refractivity contribution in [2.75, 3.05) is 6.54 Å². The molecular weight excluding hydrogens is 206 g/mol. The highest BCUT2D eigenvalue weighted by molar-refractivity contribution is 5.52. The summed E-state index contributed by atoms with van der Waals surface area (Å²) in [5, 5.41) is 2.31. The van der Waals surface area contributed by atoms with E-state index in [0.29, 0.717) is 0 Å². The highest BCUT2D eigenvalue weighted by Crippen LogP contribution is 2.06. The lowest BCUT2D eigenvalue weighted by molar-refractivity contribution is 1.07. The van der Waals surface area contributed by atoms with Crippen LogP contribution in [0.1, 0.15) is 12.5 Å². The highest BCUT2D eigenvalue weighted by Gasteiger charge is 1.99. The minimum absolute atomic E-state index is 0.762. The van der Waals surface area contributed by atoms with E-state index in [1.807, 2.05) is 12.2 Å². The molecule has 0 radical (unpaired) electrons. The Labute approximate surface area is 102 Å². The summed E-state index contributed by atoms with van der Waals surface area (Å²) in [5.74, 6) is 0. The summed E-state index contributed by atoms with van der Waals surface area (Å²) in [6.45, 7) is 8.65. The first kappa shape index (κ1) is 11.6. The SMILES string of the molecule is C=C/C=C(C)\C=C1\C=c2cc(C)ccc2=NC1. The third kappa shape index (κ3) is 2.82. The zero-order valence-corrected chi connectivity index (χ0v) is 10.4. The first-order chi connectivity index (χ1) is 8.19. The molecule has 0 fully saturated rings. The van der Waals surface area contributed by atoms with Crippen molar-refractivity contribution in [3.63, 3.8) is 0 Å². The number of hydrogen-bond acceptors (Lipinski definition) is 1. The third-order valence-electron chi connectivity index (χ3n) is 2.75. The molecule has 0 amide bonds. The molecule has 1 nitrogen and oxygen atoms in total.